The van der Waals surface area contributed by atoms with Gasteiger partial charge in [-0.1, -0.05) is 107 Å². The Hall–Kier alpha value is -3.62. The summed E-state index contributed by atoms with van der Waals surface area (Å²) in [4.78, 5) is 3.83. The van der Waals surface area contributed by atoms with Crippen LogP contribution in [0.1, 0.15) is 16.7 Å². The Morgan fingerprint density at radius 3 is 1.86 bits per heavy atom. The summed E-state index contributed by atoms with van der Waals surface area (Å²) in [6.07, 6.45) is 0. The molecule has 4 heteroatoms. The molecule has 2 heterocycles. The van der Waals surface area contributed by atoms with E-state index in [-0.39, 0.29) is 12.7 Å². The maximum atomic E-state index is 2.53. The van der Waals surface area contributed by atoms with E-state index in [0.29, 0.717) is 0 Å². The number of hydrogen-bond acceptors (Lipinski definition) is 2. The lowest BCUT2D eigenvalue weighted by atomic mass is 9.33. The van der Waals surface area contributed by atoms with Crippen LogP contribution in [0.5, 0.6) is 0 Å². The summed E-state index contributed by atoms with van der Waals surface area (Å²) >= 11 is 1.96. The van der Waals surface area contributed by atoms with E-state index < -0.39 is 0 Å². The van der Waals surface area contributed by atoms with Crippen molar-refractivity contribution in [2.45, 2.75) is 25.7 Å². The number of rotatable bonds is 3. The Kier molecular flexibility index (Phi) is 5.33. The highest BCUT2D eigenvalue weighted by atomic mass is 32.2. The lowest BCUT2D eigenvalue weighted by molar-refractivity contribution is 1.30. The summed E-state index contributed by atoms with van der Waals surface area (Å²) in [6.45, 7) is 6.97. The average molecular weight is 491 g/mol. The minimum absolute atomic E-state index is 0.204. The molecular weight excluding hydrogens is 464 g/mol. The van der Waals surface area contributed by atoms with Crippen LogP contribution in [0, 0.1) is 20.8 Å². The zero-order valence-electron chi connectivity index (χ0n) is 21.4. The number of benzene rings is 5. The Balaban J connectivity index is 1.53. The Labute approximate surface area is 224 Å². The Morgan fingerprint density at radius 1 is 0.568 bits per heavy atom. The molecule has 0 saturated heterocycles. The van der Waals surface area contributed by atoms with E-state index in [1.807, 2.05) is 11.6 Å². The average Bonchev–Trinajstić information content (AvgIpc) is 2.91. The number of hydrogen-bond donors (Lipinski definition) is 0. The van der Waals surface area contributed by atoms with E-state index in [1.54, 1.807) is 0 Å². The zero-order valence-corrected chi connectivity index (χ0v) is 22.2. The number of fused-ring (bicyclic) bond motifs is 4. The number of aryl methyl sites for hydroxylation is 3. The van der Waals surface area contributed by atoms with Crippen LogP contribution < -0.4 is 32.2 Å². The Bertz CT molecular complexity index is 1640. The van der Waals surface area contributed by atoms with Crippen LogP contribution in [-0.4, -0.2) is 12.7 Å². The molecule has 0 unspecified atom stereocenters. The van der Waals surface area contributed by atoms with Crippen molar-refractivity contribution in [1.82, 2.24) is 0 Å². The van der Waals surface area contributed by atoms with E-state index in [1.165, 1.54) is 66.0 Å². The standard InChI is InChI=1S/C33H27B2NS/c1-22-20-23(2)32(24(3)21-22)34-26-14-7-9-18-30(26)36-31-19-10-8-15-27(31)35(37-25-12-5-4-6-13-25)29-17-11-16-28(34)33(29)36/h4-21H,1-3H3. The molecule has 37 heavy (non-hydrogen) atoms. The zero-order chi connectivity index (χ0) is 25.1. The monoisotopic (exact) mass is 491 g/mol. The van der Waals surface area contributed by atoms with Crippen LogP contribution in [0.15, 0.2) is 114 Å². The first-order chi connectivity index (χ1) is 18.1. The molecule has 0 spiro atoms. The predicted molar refractivity (Wildman–Crippen MR) is 164 cm³/mol. The molecule has 0 bridgehead atoms. The molecule has 0 radical (unpaired) electrons. The van der Waals surface area contributed by atoms with Gasteiger partial charge in [0.25, 0.3) is 5.99 Å². The number of nitrogens with zero attached hydrogens (tertiary/aromatic N) is 1. The van der Waals surface area contributed by atoms with Crippen LogP contribution in [0.2, 0.25) is 0 Å². The highest BCUT2D eigenvalue weighted by molar-refractivity contribution is 8.28. The summed E-state index contributed by atoms with van der Waals surface area (Å²) in [5.74, 6) is 0.232. The van der Waals surface area contributed by atoms with Gasteiger partial charge in [-0.25, -0.2) is 0 Å². The van der Waals surface area contributed by atoms with E-state index in [4.69, 9.17) is 0 Å². The van der Waals surface area contributed by atoms with Gasteiger partial charge in [-0.2, -0.15) is 11.6 Å². The molecule has 7 rings (SSSR count). The van der Waals surface area contributed by atoms with E-state index in [2.05, 4.69) is 135 Å². The van der Waals surface area contributed by atoms with Gasteiger partial charge in [0.2, 0.25) is 6.71 Å². The van der Waals surface area contributed by atoms with Crippen molar-refractivity contribution in [2.24, 2.45) is 0 Å². The number of para-hydroxylation sites is 3. The summed E-state index contributed by atoms with van der Waals surface area (Å²) in [5.41, 5.74) is 15.0. The largest absolute Gasteiger partial charge is 0.312 e. The fraction of sp³-hybridized carbons (Fsp3) is 0.0909. The van der Waals surface area contributed by atoms with Crippen molar-refractivity contribution in [3.8, 4) is 0 Å². The van der Waals surface area contributed by atoms with Crippen molar-refractivity contribution in [3.63, 3.8) is 0 Å². The number of anilines is 3. The highest BCUT2D eigenvalue weighted by Crippen LogP contribution is 2.39. The first-order valence-corrected chi connectivity index (χ1v) is 13.9. The molecule has 1 nitrogen and oxygen atoms in total. The Morgan fingerprint density at radius 2 is 1.14 bits per heavy atom. The van der Waals surface area contributed by atoms with E-state index >= 15 is 0 Å². The van der Waals surface area contributed by atoms with Crippen molar-refractivity contribution in [1.29, 1.82) is 0 Å². The molecule has 176 valence electrons. The maximum Gasteiger partial charge on any atom is 0.284 e. The normalized spacial score (nSPS) is 13.2. The first-order valence-electron chi connectivity index (χ1n) is 13.0. The second kappa shape index (κ2) is 8.75. The molecule has 0 aromatic heterocycles. The van der Waals surface area contributed by atoms with Crippen LogP contribution in [0.4, 0.5) is 17.1 Å². The first kappa shape index (κ1) is 22.6. The van der Waals surface area contributed by atoms with E-state index in [9.17, 15) is 0 Å². The van der Waals surface area contributed by atoms with Crippen LogP contribution in [-0.2, 0) is 0 Å². The van der Waals surface area contributed by atoms with Gasteiger partial charge in [0.05, 0.1) is 0 Å². The molecule has 0 atom stereocenters. The van der Waals surface area contributed by atoms with Gasteiger partial charge in [0.15, 0.2) is 0 Å². The van der Waals surface area contributed by atoms with E-state index in [0.717, 1.165) is 0 Å². The second-order valence-corrected chi connectivity index (χ2v) is 11.5. The van der Waals surface area contributed by atoms with Crippen LogP contribution in [0.3, 0.4) is 0 Å². The van der Waals surface area contributed by atoms with Crippen molar-refractivity contribution in [2.75, 3.05) is 4.90 Å². The maximum absolute atomic E-state index is 2.53. The van der Waals surface area contributed by atoms with Gasteiger partial charge < -0.3 is 4.90 Å². The van der Waals surface area contributed by atoms with Gasteiger partial charge in [-0.3, -0.25) is 0 Å². The van der Waals surface area contributed by atoms with Gasteiger partial charge in [-0.05, 0) is 71.8 Å². The van der Waals surface area contributed by atoms with Gasteiger partial charge >= 0.3 is 0 Å². The second-order valence-electron chi connectivity index (χ2n) is 10.3. The fourth-order valence-electron chi connectivity index (χ4n) is 6.56. The lowest BCUT2D eigenvalue weighted by Gasteiger charge is -2.43. The molecule has 0 fully saturated rings. The quantitative estimate of drug-likeness (QED) is 0.316. The predicted octanol–water partition coefficient (Wildman–Crippen LogP) is 5.12. The van der Waals surface area contributed by atoms with Crippen molar-refractivity contribution in [3.05, 3.63) is 126 Å². The van der Waals surface area contributed by atoms with Crippen molar-refractivity contribution < 1.29 is 0 Å². The third-order valence-electron chi connectivity index (χ3n) is 7.89. The van der Waals surface area contributed by atoms with Crippen LogP contribution in [0.25, 0.3) is 0 Å². The molecule has 0 saturated carbocycles. The summed E-state index contributed by atoms with van der Waals surface area (Å²) in [7, 11) is 0. The molecule has 0 amide bonds. The topological polar surface area (TPSA) is 3.24 Å². The third-order valence-corrected chi connectivity index (χ3v) is 9.18. The minimum Gasteiger partial charge on any atom is -0.312 e. The summed E-state index contributed by atoms with van der Waals surface area (Å²) in [6, 6.07) is 40.5. The SMILES string of the molecule is Cc1cc(C)c(B2c3ccccc3N3c4ccccc4B(Sc4ccccc4)c4cccc2c43)c(C)c1. The lowest BCUT2D eigenvalue weighted by Crippen LogP contribution is -2.63. The van der Waals surface area contributed by atoms with Gasteiger partial charge in [0.1, 0.15) is 0 Å². The fourth-order valence-corrected chi connectivity index (χ4v) is 7.79. The minimum atomic E-state index is 0.204. The van der Waals surface area contributed by atoms with Crippen molar-refractivity contribution >= 4 is 68.7 Å². The summed E-state index contributed by atoms with van der Waals surface area (Å²) < 4.78 is 0. The third kappa shape index (κ3) is 3.50. The van der Waals surface area contributed by atoms with Gasteiger partial charge in [0, 0.05) is 17.1 Å². The molecule has 2 aliphatic rings. The molecule has 5 aromatic carbocycles. The molecule has 0 N–H and O–H groups in total. The summed E-state index contributed by atoms with van der Waals surface area (Å²) in [5, 5.41) is 0. The molecule has 5 aromatic rings. The smallest absolute Gasteiger partial charge is 0.284 e. The highest BCUT2D eigenvalue weighted by Gasteiger charge is 2.43. The molecule has 2 aliphatic heterocycles. The molecular formula is C33H27B2NS. The van der Waals surface area contributed by atoms with Gasteiger partial charge in [-0.15, -0.1) is 0 Å². The van der Waals surface area contributed by atoms with Crippen LogP contribution >= 0.6 is 11.6 Å². The molecule has 0 aliphatic carbocycles.